The molecular formula is C16H16N2O3. The number of ether oxygens (including phenoxy) is 1. The number of carboxylic acids is 1. The molecule has 1 atom stereocenters. The second-order valence-electron chi connectivity index (χ2n) is 5.03. The minimum absolute atomic E-state index is 0.00218. The average Bonchev–Trinajstić information content (AvgIpc) is 2.47. The van der Waals surface area contributed by atoms with E-state index in [-0.39, 0.29) is 11.6 Å². The number of nitrogens with one attached hydrogen (secondary N) is 1. The van der Waals surface area contributed by atoms with E-state index in [1.54, 1.807) is 19.2 Å². The molecule has 5 nitrogen and oxygen atoms in total. The van der Waals surface area contributed by atoms with Gasteiger partial charge in [0.15, 0.2) is 0 Å². The fourth-order valence-corrected chi connectivity index (χ4v) is 2.59. The number of rotatable bonds is 3. The highest BCUT2D eigenvalue weighted by atomic mass is 16.5. The Morgan fingerprint density at radius 1 is 1.38 bits per heavy atom. The van der Waals surface area contributed by atoms with E-state index in [9.17, 15) is 9.90 Å². The van der Waals surface area contributed by atoms with Crippen molar-refractivity contribution in [1.82, 2.24) is 4.98 Å². The fraction of sp³-hybridized carbons (Fsp3) is 0.250. The minimum Gasteiger partial charge on any atom is -0.493 e. The van der Waals surface area contributed by atoms with Gasteiger partial charge in [0.1, 0.15) is 17.1 Å². The lowest BCUT2D eigenvalue weighted by molar-refractivity contribution is 0.0696. The van der Waals surface area contributed by atoms with Crippen molar-refractivity contribution in [2.75, 3.05) is 11.9 Å². The molecule has 1 unspecified atom stereocenters. The molecule has 0 aliphatic carbocycles. The van der Waals surface area contributed by atoms with Gasteiger partial charge in [-0.05, 0) is 24.6 Å². The van der Waals surface area contributed by atoms with Crippen LogP contribution >= 0.6 is 0 Å². The quantitative estimate of drug-likeness (QED) is 0.906. The number of aromatic carboxylic acids is 1. The van der Waals surface area contributed by atoms with Gasteiger partial charge in [-0.3, -0.25) is 0 Å². The molecule has 0 saturated carbocycles. The zero-order valence-corrected chi connectivity index (χ0v) is 11.7. The van der Waals surface area contributed by atoms with Crippen LogP contribution in [0.2, 0.25) is 0 Å². The molecule has 1 aromatic carbocycles. The summed E-state index contributed by atoms with van der Waals surface area (Å²) in [6.07, 6.45) is 2.39. The van der Waals surface area contributed by atoms with Crippen LogP contribution in [0.1, 0.15) is 33.9 Å². The standard InChI is InChI=1S/C16H16N2O3/c1-10-6-8-17-15(14(10)16(19)20)18-12-7-9-21-13-5-3-2-4-11(12)13/h2-6,8,12H,7,9H2,1H3,(H,17,18)(H,19,20). The molecule has 108 valence electrons. The fourth-order valence-electron chi connectivity index (χ4n) is 2.59. The molecule has 2 aromatic rings. The monoisotopic (exact) mass is 284 g/mol. The van der Waals surface area contributed by atoms with Gasteiger partial charge in [0, 0.05) is 18.2 Å². The van der Waals surface area contributed by atoms with Crippen LogP contribution in [0.5, 0.6) is 5.75 Å². The Bertz CT molecular complexity index is 685. The van der Waals surface area contributed by atoms with E-state index in [0.717, 1.165) is 17.7 Å². The van der Waals surface area contributed by atoms with Gasteiger partial charge < -0.3 is 15.2 Å². The van der Waals surface area contributed by atoms with Crippen molar-refractivity contribution < 1.29 is 14.6 Å². The zero-order valence-electron chi connectivity index (χ0n) is 11.7. The Balaban J connectivity index is 1.96. The predicted molar refractivity (Wildman–Crippen MR) is 78.9 cm³/mol. The third-order valence-electron chi connectivity index (χ3n) is 3.64. The number of carboxylic acid groups (broad SMARTS) is 1. The van der Waals surface area contributed by atoms with Gasteiger partial charge in [-0.1, -0.05) is 18.2 Å². The molecule has 2 N–H and O–H groups in total. The van der Waals surface area contributed by atoms with Crippen molar-refractivity contribution in [3.05, 3.63) is 53.2 Å². The van der Waals surface area contributed by atoms with E-state index in [4.69, 9.17) is 4.74 Å². The lowest BCUT2D eigenvalue weighted by Gasteiger charge is -2.27. The van der Waals surface area contributed by atoms with E-state index >= 15 is 0 Å². The normalized spacial score (nSPS) is 16.7. The second kappa shape index (κ2) is 5.44. The van der Waals surface area contributed by atoms with Crippen molar-refractivity contribution in [3.63, 3.8) is 0 Å². The van der Waals surface area contributed by atoms with E-state index in [1.807, 2.05) is 24.3 Å². The molecule has 0 fully saturated rings. The number of aryl methyl sites for hydroxylation is 1. The van der Waals surface area contributed by atoms with Crippen LogP contribution in [0, 0.1) is 6.92 Å². The maximum absolute atomic E-state index is 11.4. The van der Waals surface area contributed by atoms with Crippen molar-refractivity contribution in [1.29, 1.82) is 0 Å². The number of hydrogen-bond donors (Lipinski definition) is 2. The first-order valence-corrected chi connectivity index (χ1v) is 6.84. The summed E-state index contributed by atoms with van der Waals surface area (Å²) in [4.78, 5) is 15.6. The Morgan fingerprint density at radius 2 is 2.19 bits per heavy atom. The Hall–Kier alpha value is -2.56. The molecular weight excluding hydrogens is 268 g/mol. The van der Waals surface area contributed by atoms with Crippen LogP contribution in [0.3, 0.4) is 0 Å². The number of pyridine rings is 1. The van der Waals surface area contributed by atoms with Gasteiger partial charge >= 0.3 is 5.97 Å². The van der Waals surface area contributed by atoms with Crippen LogP contribution in [-0.2, 0) is 0 Å². The van der Waals surface area contributed by atoms with E-state index in [2.05, 4.69) is 10.3 Å². The topological polar surface area (TPSA) is 71.5 Å². The maximum atomic E-state index is 11.4. The van der Waals surface area contributed by atoms with Gasteiger partial charge in [-0.25, -0.2) is 9.78 Å². The zero-order chi connectivity index (χ0) is 14.8. The average molecular weight is 284 g/mol. The number of anilines is 1. The molecule has 0 spiro atoms. The molecule has 1 aromatic heterocycles. The first-order valence-electron chi connectivity index (χ1n) is 6.84. The van der Waals surface area contributed by atoms with Crippen molar-refractivity contribution in [2.24, 2.45) is 0 Å². The largest absolute Gasteiger partial charge is 0.493 e. The summed E-state index contributed by atoms with van der Waals surface area (Å²) in [6.45, 7) is 2.37. The molecule has 0 amide bonds. The third kappa shape index (κ3) is 2.54. The molecule has 0 radical (unpaired) electrons. The van der Waals surface area contributed by atoms with Crippen LogP contribution in [-0.4, -0.2) is 22.7 Å². The highest BCUT2D eigenvalue weighted by molar-refractivity contribution is 5.94. The maximum Gasteiger partial charge on any atom is 0.339 e. The van der Waals surface area contributed by atoms with Gasteiger partial charge in [0.25, 0.3) is 0 Å². The summed E-state index contributed by atoms with van der Waals surface area (Å²) in [5.41, 5.74) is 1.95. The van der Waals surface area contributed by atoms with Crippen LogP contribution in [0.25, 0.3) is 0 Å². The summed E-state index contributed by atoms with van der Waals surface area (Å²) < 4.78 is 5.62. The third-order valence-corrected chi connectivity index (χ3v) is 3.64. The molecule has 0 saturated heterocycles. The summed E-state index contributed by atoms with van der Waals surface area (Å²) in [5, 5.41) is 12.6. The predicted octanol–water partition coefficient (Wildman–Crippen LogP) is 3.02. The van der Waals surface area contributed by atoms with Crippen molar-refractivity contribution >= 4 is 11.8 Å². The number of carbonyl (C=O) groups is 1. The Morgan fingerprint density at radius 3 is 3.00 bits per heavy atom. The van der Waals surface area contributed by atoms with Crippen molar-refractivity contribution in [3.8, 4) is 5.75 Å². The molecule has 2 heterocycles. The highest BCUT2D eigenvalue weighted by Crippen LogP contribution is 2.34. The molecule has 1 aliphatic heterocycles. The number of nitrogens with zero attached hydrogens (tertiary/aromatic N) is 1. The SMILES string of the molecule is Cc1ccnc(NC2CCOc3ccccc32)c1C(=O)O. The molecule has 21 heavy (non-hydrogen) atoms. The lowest BCUT2D eigenvalue weighted by Crippen LogP contribution is -2.22. The molecule has 5 heteroatoms. The highest BCUT2D eigenvalue weighted by Gasteiger charge is 2.23. The Kier molecular flexibility index (Phi) is 3.48. The van der Waals surface area contributed by atoms with Gasteiger partial charge in [0.2, 0.25) is 0 Å². The van der Waals surface area contributed by atoms with Gasteiger partial charge in [-0.2, -0.15) is 0 Å². The summed E-state index contributed by atoms with van der Waals surface area (Å²) >= 11 is 0. The van der Waals surface area contributed by atoms with Crippen LogP contribution < -0.4 is 10.1 Å². The smallest absolute Gasteiger partial charge is 0.339 e. The molecule has 3 rings (SSSR count). The number of benzene rings is 1. The summed E-state index contributed by atoms with van der Waals surface area (Å²) in [5.74, 6) is 0.276. The summed E-state index contributed by atoms with van der Waals surface area (Å²) in [7, 11) is 0. The molecule has 0 bridgehead atoms. The van der Waals surface area contributed by atoms with E-state index in [0.29, 0.717) is 18.0 Å². The number of hydrogen-bond acceptors (Lipinski definition) is 4. The number of aromatic nitrogens is 1. The summed E-state index contributed by atoms with van der Waals surface area (Å²) in [6, 6.07) is 9.49. The number of fused-ring (bicyclic) bond motifs is 1. The lowest BCUT2D eigenvalue weighted by atomic mass is 10.00. The Labute approximate surface area is 122 Å². The van der Waals surface area contributed by atoms with Crippen LogP contribution in [0.15, 0.2) is 36.5 Å². The van der Waals surface area contributed by atoms with E-state index in [1.165, 1.54) is 0 Å². The first-order chi connectivity index (χ1) is 10.2. The van der Waals surface area contributed by atoms with Gasteiger partial charge in [-0.15, -0.1) is 0 Å². The minimum atomic E-state index is -0.969. The van der Waals surface area contributed by atoms with E-state index < -0.39 is 5.97 Å². The van der Waals surface area contributed by atoms with Gasteiger partial charge in [0.05, 0.1) is 12.6 Å². The second-order valence-corrected chi connectivity index (χ2v) is 5.03. The number of para-hydroxylation sites is 1. The van der Waals surface area contributed by atoms with Crippen molar-refractivity contribution in [2.45, 2.75) is 19.4 Å². The molecule has 1 aliphatic rings. The van der Waals surface area contributed by atoms with Crippen LogP contribution in [0.4, 0.5) is 5.82 Å². The first kappa shape index (κ1) is 13.4.